The molecule has 0 spiro atoms. The van der Waals surface area contributed by atoms with Crippen LogP contribution in [0.1, 0.15) is 48.7 Å². The Balaban J connectivity index is 0.000000227. The first kappa shape index (κ1) is 33.8. The van der Waals surface area contributed by atoms with Gasteiger partial charge in [-0.1, -0.05) is 43.5 Å². The average Bonchev–Trinajstić information content (AvgIpc) is 3.73. The zero-order valence-corrected chi connectivity index (χ0v) is 28.0. The summed E-state index contributed by atoms with van der Waals surface area (Å²) in [5, 5.41) is 4.38. The molecule has 2 saturated heterocycles. The van der Waals surface area contributed by atoms with Crippen molar-refractivity contribution >= 4 is 27.9 Å². The third-order valence-corrected chi connectivity index (χ3v) is 8.81. The minimum absolute atomic E-state index is 0.101. The van der Waals surface area contributed by atoms with Gasteiger partial charge < -0.3 is 25.8 Å². The van der Waals surface area contributed by atoms with Crippen LogP contribution in [0.25, 0.3) is 22.0 Å². The van der Waals surface area contributed by atoms with Crippen molar-refractivity contribution in [3.05, 3.63) is 126 Å². The van der Waals surface area contributed by atoms with Gasteiger partial charge in [0.1, 0.15) is 11.6 Å². The Hall–Kier alpha value is -4.53. The second kappa shape index (κ2) is 15.8. The normalized spacial score (nSPS) is 15.7. The summed E-state index contributed by atoms with van der Waals surface area (Å²) >= 11 is 0. The molecule has 0 unspecified atom stereocenters. The third-order valence-electron chi connectivity index (χ3n) is 8.81. The molecular weight excluding hydrogens is 585 g/mol. The number of aromatic nitrogens is 3. The summed E-state index contributed by atoms with van der Waals surface area (Å²) in [5.74, 6) is 0.762. The number of likely N-dealkylation sites (tertiary alicyclic amines) is 1. The van der Waals surface area contributed by atoms with E-state index in [1.807, 2.05) is 45.2 Å². The first-order valence-electron chi connectivity index (χ1n) is 16.5. The lowest BCUT2D eigenvalue weighted by molar-refractivity contribution is 0.334. The summed E-state index contributed by atoms with van der Waals surface area (Å²) in [5.41, 5.74) is 14.5. The summed E-state index contributed by atoms with van der Waals surface area (Å²) in [6, 6.07) is 15.8. The number of para-hydroxylation sites is 1. The Morgan fingerprint density at radius 3 is 2.55 bits per heavy atom. The topological polar surface area (TPSA) is 86.1 Å². The highest BCUT2D eigenvalue weighted by atomic mass is 19.1. The molecule has 4 N–H and O–H groups in total. The molecule has 6 rings (SSSR count). The first-order valence-corrected chi connectivity index (χ1v) is 16.5. The minimum Gasteiger partial charge on any atom is -0.388 e. The highest BCUT2D eigenvalue weighted by Crippen LogP contribution is 2.27. The van der Waals surface area contributed by atoms with Gasteiger partial charge in [-0.15, -0.1) is 0 Å². The number of aryl methyl sites for hydroxylation is 2. The monoisotopic (exact) mass is 633 g/mol. The van der Waals surface area contributed by atoms with Crippen molar-refractivity contribution in [1.82, 2.24) is 25.2 Å². The molecule has 0 saturated carbocycles. The molecule has 2 aromatic heterocycles. The van der Waals surface area contributed by atoms with E-state index in [-0.39, 0.29) is 11.9 Å². The van der Waals surface area contributed by atoms with Crippen molar-refractivity contribution in [1.29, 1.82) is 0 Å². The highest BCUT2D eigenvalue weighted by molar-refractivity contribution is 5.89. The van der Waals surface area contributed by atoms with Crippen LogP contribution >= 0.6 is 0 Å². The van der Waals surface area contributed by atoms with Crippen molar-refractivity contribution in [3.63, 3.8) is 0 Å². The second-order valence-corrected chi connectivity index (χ2v) is 12.6. The van der Waals surface area contributed by atoms with Crippen LogP contribution in [-0.2, 0) is 6.42 Å². The number of halogens is 1. The van der Waals surface area contributed by atoms with E-state index in [0.29, 0.717) is 0 Å². The van der Waals surface area contributed by atoms with E-state index >= 15 is 0 Å². The number of anilines is 1. The van der Waals surface area contributed by atoms with Gasteiger partial charge in [-0.2, -0.15) is 0 Å². The standard InChI is InChI=1S/C25H28N6.C14H20FN/c1-16(24-12-28-13-25(30-24)31-14-20(26)15-31)9-10-21(27-4)17(2)18(3)23-11-19-7-5-6-8-22(19)29-23;1-12-9-13(11-14(15)10-12)5-4-8-16-6-2-3-7-16/h5-13,20,27,29H,2-3,14-15,26H2,1,4H3;9-11H,2-8H2,1H3/b16-9+,21-10+;. The molecule has 2 aliphatic rings. The lowest BCUT2D eigenvalue weighted by Gasteiger charge is -2.37. The number of nitrogens with one attached hydrogen (secondary N) is 2. The Bertz CT molecular complexity index is 1700. The van der Waals surface area contributed by atoms with Gasteiger partial charge in [-0.05, 0) is 117 Å². The van der Waals surface area contributed by atoms with Gasteiger partial charge in [0.2, 0.25) is 0 Å². The Morgan fingerprint density at radius 1 is 1.09 bits per heavy atom. The molecule has 7 nitrogen and oxygen atoms in total. The summed E-state index contributed by atoms with van der Waals surface area (Å²) in [6.07, 6.45) is 12.4. The molecular formula is C39H48FN7. The van der Waals surface area contributed by atoms with Gasteiger partial charge in [0.05, 0.1) is 18.1 Å². The number of allylic oxidation sites excluding steroid dienone is 4. The molecule has 0 radical (unpaired) electrons. The highest BCUT2D eigenvalue weighted by Gasteiger charge is 2.24. The predicted molar refractivity (Wildman–Crippen MR) is 195 cm³/mol. The van der Waals surface area contributed by atoms with Gasteiger partial charge in [0.15, 0.2) is 0 Å². The second-order valence-electron chi connectivity index (χ2n) is 12.6. The number of likely N-dealkylation sites (N-methyl/N-ethyl adjacent to an activating group) is 1. The van der Waals surface area contributed by atoms with E-state index in [0.717, 1.165) is 94.1 Å². The fourth-order valence-corrected chi connectivity index (χ4v) is 6.06. The number of nitrogens with zero attached hydrogens (tertiary/aromatic N) is 4. The lowest BCUT2D eigenvalue weighted by Crippen LogP contribution is -2.56. The molecule has 4 heterocycles. The van der Waals surface area contributed by atoms with Crippen molar-refractivity contribution in [3.8, 4) is 0 Å². The van der Waals surface area contributed by atoms with Crippen LogP contribution in [0.5, 0.6) is 0 Å². The molecule has 8 heteroatoms. The van der Waals surface area contributed by atoms with Crippen LogP contribution in [0.15, 0.2) is 97.5 Å². The summed E-state index contributed by atoms with van der Waals surface area (Å²) in [6.45, 7) is 17.8. The number of fused-ring (bicyclic) bond motifs is 1. The fourth-order valence-electron chi connectivity index (χ4n) is 6.06. The van der Waals surface area contributed by atoms with Crippen molar-refractivity contribution in [2.24, 2.45) is 5.73 Å². The van der Waals surface area contributed by atoms with E-state index in [1.54, 1.807) is 24.5 Å². The molecule has 4 aromatic rings. The number of aromatic amines is 1. The largest absolute Gasteiger partial charge is 0.388 e. The van der Waals surface area contributed by atoms with E-state index in [4.69, 9.17) is 10.7 Å². The van der Waals surface area contributed by atoms with Crippen molar-refractivity contribution < 1.29 is 4.39 Å². The molecule has 0 amide bonds. The van der Waals surface area contributed by atoms with Crippen LogP contribution in [-0.4, -0.2) is 65.7 Å². The van der Waals surface area contributed by atoms with Gasteiger partial charge >= 0.3 is 0 Å². The molecule has 0 aliphatic carbocycles. The van der Waals surface area contributed by atoms with Crippen LogP contribution in [0.3, 0.4) is 0 Å². The van der Waals surface area contributed by atoms with Gasteiger partial charge in [0.25, 0.3) is 0 Å². The van der Waals surface area contributed by atoms with Gasteiger partial charge in [0, 0.05) is 48.5 Å². The van der Waals surface area contributed by atoms with Crippen molar-refractivity contribution in [2.45, 2.75) is 45.6 Å². The Morgan fingerprint density at radius 2 is 1.85 bits per heavy atom. The molecule has 0 atom stereocenters. The van der Waals surface area contributed by atoms with Crippen LogP contribution < -0.4 is 16.0 Å². The Labute approximate surface area is 278 Å². The molecule has 47 heavy (non-hydrogen) atoms. The van der Waals surface area contributed by atoms with Crippen LogP contribution in [0, 0.1) is 12.7 Å². The summed E-state index contributed by atoms with van der Waals surface area (Å²) < 4.78 is 13.1. The zero-order chi connectivity index (χ0) is 33.3. The number of hydrogen-bond donors (Lipinski definition) is 3. The maximum absolute atomic E-state index is 13.1. The summed E-state index contributed by atoms with van der Waals surface area (Å²) in [4.78, 5) is 17.1. The van der Waals surface area contributed by atoms with Crippen molar-refractivity contribution in [2.75, 3.05) is 44.7 Å². The number of rotatable bonds is 11. The van der Waals surface area contributed by atoms with Crippen LogP contribution in [0.4, 0.5) is 10.2 Å². The zero-order valence-electron chi connectivity index (χ0n) is 28.0. The number of hydrogen-bond acceptors (Lipinski definition) is 6. The van der Waals surface area contributed by atoms with E-state index in [2.05, 4.69) is 62.5 Å². The lowest BCUT2D eigenvalue weighted by atomic mass is 10.0. The van der Waals surface area contributed by atoms with Crippen LogP contribution in [0.2, 0.25) is 0 Å². The average molecular weight is 634 g/mol. The quantitative estimate of drug-likeness (QED) is 0.154. The third kappa shape index (κ3) is 9.05. The minimum atomic E-state index is -0.101. The molecule has 0 bridgehead atoms. The molecule has 2 aromatic carbocycles. The maximum atomic E-state index is 13.1. The molecule has 2 fully saturated rings. The van der Waals surface area contributed by atoms with Gasteiger partial charge in [-0.25, -0.2) is 9.37 Å². The first-order chi connectivity index (χ1) is 22.7. The number of nitrogens with two attached hydrogens (primary N) is 1. The van der Waals surface area contributed by atoms with E-state index in [9.17, 15) is 4.39 Å². The number of H-pyrrole nitrogens is 1. The Kier molecular flexibility index (Phi) is 11.4. The smallest absolute Gasteiger partial charge is 0.147 e. The predicted octanol–water partition coefficient (Wildman–Crippen LogP) is 7.04. The SMILES string of the molecule is C=C(C(=C)c1cc2ccccc2[nH]1)/C(=C\C=C(/C)c1cncc(N2CC(N)C2)n1)NC.Cc1cc(F)cc(CCCN2CCCC2)c1. The molecule has 246 valence electrons. The van der Waals surface area contributed by atoms with Gasteiger partial charge in [-0.3, -0.25) is 4.98 Å². The fraction of sp³-hybridized carbons (Fsp3) is 0.333. The number of benzene rings is 2. The summed E-state index contributed by atoms with van der Waals surface area (Å²) in [7, 11) is 1.88. The van der Waals surface area contributed by atoms with E-state index in [1.165, 1.54) is 25.9 Å². The van der Waals surface area contributed by atoms with E-state index < -0.39 is 0 Å². The molecule has 2 aliphatic heterocycles. The maximum Gasteiger partial charge on any atom is 0.147 e.